The minimum Gasteiger partial charge on any atom is -0.482 e. The van der Waals surface area contributed by atoms with E-state index in [1.165, 1.54) is 11.1 Å². The molecule has 2 aromatic carbocycles. The first-order valence-electron chi connectivity index (χ1n) is 14.0. The number of nitrogens with zero attached hydrogens (tertiary/aromatic N) is 4. The van der Waals surface area contributed by atoms with E-state index in [4.69, 9.17) is 19.6 Å². The molecule has 2 heterocycles. The fraction of sp³-hybridized carbons (Fsp3) is 0.375. The van der Waals surface area contributed by atoms with E-state index in [-0.39, 0.29) is 24.2 Å². The van der Waals surface area contributed by atoms with E-state index in [1.54, 1.807) is 20.1 Å². The highest BCUT2D eigenvalue weighted by molar-refractivity contribution is 5.82. The van der Waals surface area contributed by atoms with E-state index in [0.717, 1.165) is 59.7 Å². The van der Waals surface area contributed by atoms with Crippen molar-refractivity contribution in [2.45, 2.75) is 71.8 Å². The van der Waals surface area contributed by atoms with Crippen molar-refractivity contribution in [2.75, 3.05) is 6.61 Å². The average Bonchev–Trinajstić information content (AvgIpc) is 3.24. The fourth-order valence-electron chi connectivity index (χ4n) is 5.44. The molecule has 208 valence electrons. The Morgan fingerprint density at radius 1 is 1.07 bits per heavy atom. The van der Waals surface area contributed by atoms with E-state index >= 15 is 0 Å². The highest BCUT2D eigenvalue weighted by Gasteiger charge is 2.22. The summed E-state index contributed by atoms with van der Waals surface area (Å²) in [7, 11) is 0. The maximum absolute atomic E-state index is 13.5. The quantitative estimate of drug-likeness (QED) is 0.200. The molecule has 40 heavy (non-hydrogen) atoms. The molecule has 0 amide bonds. The maximum atomic E-state index is 13.5. The third kappa shape index (κ3) is 5.86. The monoisotopic (exact) mass is 540 g/mol. The summed E-state index contributed by atoms with van der Waals surface area (Å²) in [5.41, 5.74) is 4.50. The van der Waals surface area contributed by atoms with Gasteiger partial charge in [-0.15, -0.1) is 0 Å². The Labute approximate surface area is 234 Å². The number of para-hydroxylation sites is 1. The van der Waals surface area contributed by atoms with Crippen LogP contribution in [0.3, 0.4) is 0 Å². The number of rotatable bonds is 8. The number of esters is 1. The zero-order chi connectivity index (χ0) is 28.2. The third-order valence-electron chi connectivity index (χ3n) is 7.35. The van der Waals surface area contributed by atoms with Gasteiger partial charge in [0.1, 0.15) is 11.6 Å². The van der Waals surface area contributed by atoms with Crippen LogP contribution in [0.5, 0.6) is 5.75 Å². The van der Waals surface area contributed by atoms with Crippen LogP contribution in [0.4, 0.5) is 0 Å². The number of carbonyl (C=O) groups excluding carboxylic acids is 1. The van der Waals surface area contributed by atoms with Gasteiger partial charge in [-0.05, 0) is 83.0 Å². The summed E-state index contributed by atoms with van der Waals surface area (Å²) in [5, 5.41) is 5.30. The number of hydrogen-bond donors (Lipinski definition) is 0. The van der Waals surface area contributed by atoms with Crippen LogP contribution in [0.15, 0.2) is 64.5 Å². The van der Waals surface area contributed by atoms with Crippen molar-refractivity contribution >= 4 is 23.1 Å². The second kappa shape index (κ2) is 11.9. The first-order chi connectivity index (χ1) is 19.3. The van der Waals surface area contributed by atoms with Crippen LogP contribution >= 0.6 is 0 Å². The highest BCUT2D eigenvalue weighted by Crippen LogP contribution is 2.32. The Balaban J connectivity index is 1.42. The second-order valence-electron chi connectivity index (χ2n) is 10.7. The lowest BCUT2D eigenvalue weighted by Crippen LogP contribution is -2.25. The number of carbonyl (C=O) groups is 1. The lowest BCUT2D eigenvalue weighted by atomic mass is 9.88. The molecule has 0 atom stereocenters. The molecule has 2 aromatic heterocycles. The van der Waals surface area contributed by atoms with E-state index in [9.17, 15) is 9.59 Å². The number of aryl methyl sites for hydroxylation is 1. The van der Waals surface area contributed by atoms with Crippen LogP contribution in [-0.4, -0.2) is 39.1 Å². The lowest BCUT2D eigenvalue weighted by Gasteiger charge is -2.22. The number of ether oxygens (including phenoxy) is 2. The first kappa shape index (κ1) is 27.4. The molecular weight excluding hydrogens is 504 g/mol. The number of hydrogen-bond acceptors (Lipinski definition) is 6. The van der Waals surface area contributed by atoms with Gasteiger partial charge in [-0.1, -0.05) is 31.4 Å². The molecular formula is C32H36N4O4. The van der Waals surface area contributed by atoms with Crippen molar-refractivity contribution in [1.82, 2.24) is 14.2 Å². The lowest BCUT2D eigenvalue weighted by molar-refractivity contribution is -0.149. The molecule has 8 nitrogen and oxygen atoms in total. The number of fused-ring (bicyclic) bond motifs is 1. The van der Waals surface area contributed by atoms with Crippen LogP contribution in [0.2, 0.25) is 0 Å². The van der Waals surface area contributed by atoms with Crippen molar-refractivity contribution in [3.63, 3.8) is 0 Å². The molecule has 0 saturated heterocycles. The van der Waals surface area contributed by atoms with Crippen molar-refractivity contribution < 1.29 is 14.3 Å². The zero-order valence-corrected chi connectivity index (χ0v) is 23.6. The minimum atomic E-state index is -0.396. The third-order valence-corrected chi connectivity index (χ3v) is 7.35. The smallest absolute Gasteiger partial charge is 0.344 e. The molecule has 8 heteroatoms. The summed E-state index contributed by atoms with van der Waals surface area (Å²) >= 11 is 0. The minimum absolute atomic E-state index is 0.133. The number of aromatic nitrogens is 3. The second-order valence-corrected chi connectivity index (χ2v) is 10.7. The molecule has 1 aliphatic carbocycles. The summed E-state index contributed by atoms with van der Waals surface area (Å²) in [4.78, 5) is 30.2. The predicted octanol–water partition coefficient (Wildman–Crippen LogP) is 6.06. The maximum Gasteiger partial charge on any atom is 0.344 e. The van der Waals surface area contributed by atoms with Gasteiger partial charge in [-0.25, -0.2) is 9.78 Å². The highest BCUT2D eigenvalue weighted by atomic mass is 16.6. The summed E-state index contributed by atoms with van der Waals surface area (Å²) in [5.74, 6) is 1.17. The molecule has 1 fully saturated rings. The molecule has 0 spiro atoms. The summed E-state index contributed by atoms with van der Waals surface area (Å²) in [6.45, 7) is 7.55. The van der Waals surface area contributed by atoms with Crippen LogP contribution in [0.25, 0.3) is 16.6 Å². The Hall–Kier alpha value is -4.20. The van der Waals surface area contributed by atoms with Crippen molar-refractivity contribution in [3.05, 3.63) is 87.7 Å². The van der Waals surface area contributed by atoms with Gasteiger partial charge in [-0.2, -0.15) is 9.78 Å². The van der Waals surface area contributed by atoms with Crippen molar-refractivity contribution in [3.8, 4) is 11.4 Å². The summed E-state index contributed by atoms with van der Waals surface area (Å²) in [6, 6.07) is 17.1. The van der Waals surface area contributed by atoms with E-state index < -0.39 is 5.97 Å². The van der Waals surface area contributed by atoms with Gasteiger partial charge < -0.3 is 14.0 Å². The summed E-state index contributed by atoms with van der Waals surface area (Å²) in [6.07, 6.45) is 7.14. The molecule has 0 radical (unpaired) electrons. The topological polar surface area (TPSA) is 87.7 Å². The van der Waals surface area contributed by atoms with Crippen LogP contribution in [-0.2, 0) is 9.53 Å². The van der Waals surface area contributed by atoms with Gasteiger partial charge in [0, 0.05) is 28.6 Å². The molecule has 0 N–H and O–H groups in total. The average molecular weight is 541 g/mol. The van der Waals surface area contributed by atoms with E-state index in [2.05, 4.69) is 10.6 Å². The van der Waals surface area contributed by atoms with Crippen molar-refractivity contribution in [1.29, 1.82) is 0 Å². The molecule has 0 bridgehead atoms. The summed E-state index contributed by atoms with van der Waals surface area (Å²) < 4.78 is 14.3. The standard InChI is InChI=1S/C32H36N4O4/c1-21(2)40-30(37)20-39-27-16-14-26(15-17-27)35-22(3)18-25(23(35)4)19-33-36-31(24-10-6-5-7-11-24)34-29-13-9-8-12-28(29)32(36)38/h8-9,12-19,21,24H,5-7,10-11,20H2,1-4H3. The normalized spacial score (nSPS) is 14.3. The molecule has 1 aliphatic rings. The van der Waals surface area contributed by atoms with Crippen LogP contribution < -0.4 is 10.3 Å². The van der Waals surface area contributed by atoms with E-state index in [0.29, 0.717) is 11.1 Å². The van der Waals surface area contributed by atoms with Crippen LogP contribution in [0, 0.1) is 13.8 Å². The van der Waals surface area contributed by atoms with Gasteiger partial charge in [0.15, 0.2) is 6.61 Å². The molecule has 0 aliphatic heterocycles. The SMILES string of the molecule is Cc1cc(C=Nn2c(C3CCCCC3)nc3ccccc3c2=O)c(C)n1-c1ccc(OCC(=O)OC(C)C)cc1. The van der Waals surface area contributed by atoms with E-state index in [1.807, 2.05) is 62.4 Å². The Bertz CT molecular complexity index is 1590. The zero-order valence-electron chi connectivity index (χ0n) is 23.6. The predicted molar refractivity (Wildman–Crippen MR) is 157 cm³/mol. The Morgan fingerprint density at radius 2 is 1.80 bits per heavy atom. The van der Waals surface area contributed by atoms with Crippen LogP contribution in [0.1, 0.15) is 74.6 Å². The van der Waals surface area contributed by atoms with Gasteiger partial charge in [0.25, 0.3) is 5.56 Å². The Morgan fingerprint density at radius 3 is 2.52 bits per heavy atom. The van der Waals surface area contributed by atoms with Crippen molar-refractivity contribution in [2.24, 2.45) is 5.10 Å². The van der Waals surface area contributed by atoms with Gasteiger partial charge in [0.2, 0.25) is 0 Å². The van der Waals surface area contributed by atoms with Gasteiger partial charge >= 0.3 is 5.97 Å². The molecule has 5 rings (SSSR count). The molecule has 4 aromatic rings. The molecule has 0 unspecified atom stereocenters. The fourth-order valence-corrected chi connectivity index (χ4v) is 5.44. The van der Waals surface area contributed by atoms with Gasteiger partial charge in [0.05, 0.1) is 23.2 Å². The largest absolute Gasteiger partial charge is 0.482 e. The number of benzene rings is 2. The molecule has 1 saturated carbocycles. The first-order valence-corrected chi connectivity index (χ1v) is 14.0. The Kier molecular flexibility index (Phi) is 8.14. The van der Waals surface area contributed by atoms with Gasteiger partial charge in [-0.3, -0.25) is 4.79 Å².